The van der Waals surface area contributed by atoms with Crippen LogP contribution in [-0.2, 0) is 20.2 Å². The van der Waals surface area contributed by atoms with Crippen molar-refractivity contribution in [2.45, 2.75) is 76.0 Å². The number of aromatic nitrogens is 2. The zero-order valence-electron chi connectivity index (χ0n) is 18.1. The van der Waals surface area contributed by atoms with Gasteiger partial charge in [-0.25, -0.2) is 17.7 Å². The average Bonchev–Trinajstić information content (AvgIpc) is 3.09. The molecular formula is C20H31N5O4S. The zero-order valence-corrected chi connectivity index (χ0v) is 18.9. The second-order valence-electron chi connectivity index (χ2n) is 9.58. The summed E-state index contributed by atoms with van der Waals surface area (Å²) in [6.07, 6.45) is 6.54. The Labute approximate surface area is 177 Å². The lowest BCUT2D eigenvalue weighted by Crippen LogP contribution is -2.51. The van der Waals surface area contributed by atoms with Gasteiger partial charge >= 0.3 is 0 Å². The maximum Gasteiger partial charge on any atom is 0.238 e. The highest BCUT2D eigenvalue weighted by atomic mass is 32.2. The Bertz CT molecular complexity index is 954. The molecule has 1 saturated heterocycles. The lowest BCUT2D eigenvalue weighted by Gasteiger charge is -2.34. The zero-order chi connectivity index (χ0) is 21.9. The number of fused-ring (bicyclic) bond motifs is 1. The van der Waals surface area contributed by atoms with Crippen LogP contribution in [0.1, 0.15) is 58.4 Å². The van der Waals surface area contributed by atoms with Crippen molar-refractivity contribution >= 4 is 27.7 Å². The summed E-state index contributed by atoms with van der Waals surface area (Å²) in [5, 5.41) is 14.2. The van der Waals surface area contributed by atoms with Gasteiger partial charge in [0.25, 0.3) is 0 Å². The number of nitrogens with one attached hydrogen (secondary N) is 1. The van der Waals surface area contributed by atoms with Gasteiger partial charge in [-0.1, -0.05) is 0 Å². The van der Waals surface area contributed by atoms with Crippen molar-refractivity contribution < 1.29 is 18.3 Å². The first-order valence-electron chi connectivity index (χ1n) is 10.6. The van der Waals surface area contributed by atoms with Crippen molar-refractivity contribution in [3.63, 3.8) is 0 Å². The lowest BCUT2D eigenvalue weighted by atomic mass is 9.88. The van der Waals surface area contributed by atoms with Crippen LogP contribution < -0.4 is 10.2 Å². The Morgan fingerprint density at radius 1 is 1.20 bits per heavy atom. The summed E-state index contributed by atoms with van der Waals surface area (Å²) in [6, 6.07) is -0.236. The number of sulfonamides is 1. The van der Waals surface area contributed by atoms with Crippen molar-refractivity contribution in [3.8, 4) is 0 Å². The minimum atomic E-state index is -3.17. The maximum absolute atomic E-state index is 13.3. The second-order valence-corrected chi connectivity index (χ2v) is 11.6. The van der Waals surface area contributed by atoms with Gasteiger partial charge in [0.05, 0.1) is 23.3 Å². The highest BCUT2D eigenvalue weighted by molar-refractivity contribution is 7.88. The number of carbonyl (C=O) groups excluding carboxylic acids is 1. The Hall–Kier alpha value is -1.78. The molecular weight excluding hydrogens is 406 g/mol. The molecule has 3 heterocycles. The summed E-state index contributed by atoms with van der Waals surface area (Å²) in [5.74, 6) is 0.945. The molecule has 4 rings (SSSR count). The van der Waals surface area contributed by atoms with Gasteiger partial charge < -0.3 is 10.4 Å². The van der Waals surface area contributed by atoms with Crippen LogP contribution >= 0.6 is 0 Å². The standard InChI is InChI=1S/C20H31N5O4S/c1-19(2)14-12-21-18(22-13-7-10-24(11-8-13)30(4,28)29)23-16(14)25(17(19)26)15-6-5-9-20(15,3)27/h12-13,15,27H,5-11H2,1-4H3,(H,21,22,23). The normalized spacial score (nSPS) is 30.0. The third kappa shape index (κ3) is 3.58. The summed E-state index contributed by atoms with van der Waals surface area (Å²) in [7, 11) is -3.17. The molecule has 1 aromatic rings. The summed E-state index contributed by atoms with van der Waals surface area (Å²) in [4.78, 5) is 24.1. The van der Waals surface area contributed by atoms with Gasteiger partial charge in [0.15, 0.2) is 0 Å². The summed E-state index contributed by atoms with van der Waals surface area (Å²) < 4.78 is 24.9. The molecule has 0 aromatic carbocycles. The Kier molecular flexibility index (Phi) is 5.10. The van der Waals surface area contributed by atoms with E-state index in [2.05, 4.69) is 10.3 Å². The average molecular weight is 438 g/mol. The van der Waals surface area contributed by atoms with E-state index in [4.69, 9.17) is 4.98 Å². The molecule has 2 atom stereocenters. The van der Waals surface area contributed by atoms with Crippen molar-refractivity contribution in [1.29, 1.82) is 0 Å². The van der Waals surface area contributed by atoms with E-state index in [1.807, 2.05) is 13.8 Å². The van der Waals surface area contributed by atoms with Crippen LogP contribution in [0.2, 0.25) is 0 Å². The van der Waals surface area contributed by atoms with Crippen LogP contribution in [0.3, 0.4) is 0 Å². The predicted octanol–water partition coefficient (Wildman–Crippen LogP) is 1.24. The first-order chi connectivity index (χ1) is 13.9. The van der Waals surface area contributed by atoms with Crippen molar-refractivity contribution in [1.82, 2.24) is 14.3 Å². The third-order valence-electron chi connectivity index (χ3n) is 6.87. The highest BCUT2D eigenvalue weighted by Gasteiger charge is 2.53. The number of amides is 1. The number of aliphatic hydroxyl groups is 1. The summed E-state index contributed by atoms with van der Waals surface area (Å²) >= 11 is 0. The molecule has 1 aliphatic carbocycles. The highest BCUT2D eigenvalue weighted by Crippen LogP contribution is 2.46. The minimum absolute atomic E-state index is 0.0578. The Morgan fingerprint density at radius 2 is 1.87 bits per heavy atom. The fraction of sp³-hybridized carbons (Fsp3) is 0.750. The first kappa shape index (κ1) is 21.5. The molecule has 30 heavy (non-hydrogen) atoms. The van der Waals surface area contributed by atoms with Gasteiger partial charge in [0.1, 0.15) is 5.82 Å². The molecule has 10 heteroatoms. The number of hydrogen-bond acceptors (Lipinski definition) is 7. The van der Waals surface area contributed by atoms with E-state index in [0.717, 1.165) is 18.4 Å². The number of hydrogen-bond donors (Lipinski definition) is 2. The van der Waals surface area contributed by atoms with Gasteiger partial charge in [-0.05, 0) is 52.9 Å². The molecule has 0 bridgehead atoms. The van der Waals surface area contributed by atoms with E-state index in [1.165, 1.54) is 10.6 Å². The Morgan fingerprint density at radius 3 is 2.43 bits per heavy atom. The van der Waals surface area contributed by atoms with Gasteiger partial charge in [0.2, 0.25) is 21.9 Å². The summed E-state index contributed by atoms with van der Waals surface area (Å²) in [5.41, 5.74) is -0.912. The van der Waals surface area contributed by atoms with Crippen LogP contribution in [0.5, 0.6) is 0 Å². The van der Waals surface area contributed by atoms with Crippen molar-refractivity contribution in [3.05, 3.63) is 11.8 Å². The van der Waals surface area contributed by atoms with Crippen LogP contribution in [0.15, 0.2) is 6.20 Å². The molecule has 0 spiro atoms. The number of carbonyl (C=O) groups is 1. The van der Waals surface area contributed by atoms with E-state index >= 15 is 0 Å². The molecule has 2 aliphatic heterocycles. The fourth-order valence-corrected chi connectivity index (χ4v) is 5.80. The second kappa shape index (κ2) is 7.13. The molecule has 166 valence electrons. The number of anilines is 2. The van der Waals surface area contributed by atoms with E-state index in [0.29, 0.717) is 44.1 Å². The van der Waals surface area contributed by atoms with Crippen molar-refractivity contribution in [2.24, 2.45) is 0 Å². The number of piperidine rings is 1. The van der Waals surface area contributed by atoms with E-state index < -0.39 is 21.0 Å². The molecule has 1 saturated carbocycles. The molecule has 9 nitrogen and oxygen atoms in total. The van der Waals surface area contributed by atoms with Gasteiger partial charge in [0, 0.05) is 30.9 Å². The fourth-order valence-electron chi connectivity index (χ4n) is 4.92. The largest absolute Gasteiger partial charge is 0.388 e. The molecule has 2 fully saturated rings. The predicted molar refractivity (Wildman–Crippen MR) is 114 cm³/mol. The molecule has 1 aromatic heterocycles. The van der Waals surface area contributed by atoms with E-state index in [9.17, 15) is 18.3 Å². The van der Waals surface area contributed by atoms with Crippen LogP contribution in [0, 0.1) is 0 Å². The third-order valence-corrected chi connectivity index (χ3v) is 8.17. The molecule has 1 amide bonds. The Balaban J connectivity index is 1.57. The van der Waals surface area contributed by atoms with Crippen LogP contribution in [0.4, 0.5) is 11.8 Å². The van der Waals surface area contributed by atoms with Crippen molar-refractivity contribution in [2.75, 3.05) is 29.6 Å². The molecule has 2 N–H and O–H groups in total. The monoisotopic (exact) mass is 437 g/mol. The van der Waals surface area contributed by atoms with Crippen LogP contribution in [0.25, 0.3) is 0 Å². The molecule has 2 unspecified atom stereocenters. The topological polar surface area (TPSA) is 116 Å². The van der Waals surface area contributed by atoms with E-state index in [-0.39, 0.29) is 18.0 Å². The maximum atomic E-state index is 13.3. The quantitative estimate of drug-likeness (QED) is 0.728. The van der Waals surface area contributed by atoms with Gasteiger partial charge in [-0.3, -0.25) is 9.69 Å². The molecule has 0 radical (unpaired) electrons. The minimum Gasteiger partial charge on any atom is -0.388 e. The summed E-state index contributed by atoms with van der Waals surface area (Å²) in [6.45, 7) is 6.46. The van der Waals surface area contributed by atoms with Crippen LogP contribution in [-0.4, -0.2) is 70.7 Å². The molecule has 3 aliphatic rings. The van der Waals surface area contributed by atoms with E-state index in [1.54, 1.807) is 18.0 Å². The number of nitrogens with zero attached hydrogens (tertiary/aromatic N) is 4. The number of rotatable bonds is 4. The first-order valence-corrected chi connectivity index (χ1v) is 12.4. The lowest BCUT2D eigenvalue weighted by molar-refractivity contribution is -0.123. The van der Waals surface area contributed by atoms with Gasteiger partial charge in [-0.15, -0.1) is 0 Å². The SMILES string of the molecule is CC1(C)C(=O)N(C2CCCC2(C)O)c2nc(NC3CCN(S(C)(=O)=O)CC3)ncc21. The smallest absolute Gasteiger partial charge is 0.238 e. The van der Waals surface area contributed by atoms with Gasteiger partial charge in [-0.2, -0.15) is 4.98 Å².